The lowest BCUT2D eigenvalue weighted by Gasteiger charge is -2.24. The molecule has 0 N–H and O–H groups in total. The van der Waals surface area contributed by atoms with Gasteiger partial charge in [-0.1, -0.05) is 54.3 Å². The Morgan fingerprint density at radius 2 is 1.71 bits per heavy atom. The van der Waals surface area contributed by atoms with E-state index >= 15 is 0 Å². The molecule has 3 heterocycles. The largest absolute Gasteiger partial charge is 0.491 e. The highest BCUT2D eigenvalue weighted by Gasteiger charge is 2.33. The lowest BCUT2D eigenvalue weighted by molar-refractivity contribution is -0.138. The molecule has 3 aromatic carbocycles. The van der Waals surface area contributed by atoms with Crippen LogP contribution in [-0.4, -0.2) is 46.1 Å². The van der Waals surface area contributed by atoms with E-state index in [-0.39, 0.29) is 23.8 Å². The van der Waals surface area contributed by atoms with Gasteiger partial charge in [0.05, 0.1) is 46.3 Å². The minimum atomic E-state index is -0.859. The molecule has 0 spiro atoms. The number of hydrogen-bond donors (Lipinski definition) is 0. The van der Waals surface area contributed by atoms with E-state index in [1.165, 1.54) is 29.1 Å². The minimum absolute atomic E-state index is 0.00716. The van der Waals surface area contributed by atoms with Crippen LogP contribution in [0.15, 0.2) is 119 Å². The minimum Gasteiger partial charge on any atom is -0.491 e. The molecule has 2 aromatic heterocycles. The summed E-state index contributed by atoms with van der Waals surface area (Å²) in [4.78, 5) is 45.0. The first kappa shape index (κ1) is 33.1. The molecule has 1 aliphatic heterocycles. The summed E-state index contributed by atoms with van der Waals surface area (Å²) in [6, 6.07) is 23.1. The summed E-state index contributed by atoms with van der Waals surface area (Å²) in [5.74, 6) is -0.371. The van der Waals surface area contributed by atoms with Crippen LogP contribution in [0, 0.1) is 0 Å². The maximum absolute atomic E-state index is 14.4. The number of thiazole rings is 1. The van der Waals surface area contributed by atoms with Crippen LogP contribution in [0.4, 0.5) is 0 Å². The first-order valence-corrected chi connectivity index (χ1v) is 16.4. The van der Waals surface area contributed by atoms with Crippen molar-refractivity contribution in [2.75, 3.05) is 13.7 Å². The predicted octanol–water partition coefficient (Wildman–Crippen LogP) is 5.39. The number of carbonyl (C=O) groups is 2. The van der Waals surface area contributed by atoms with Gasteiger partial charge < -0.3 is 14.2 Å². The molecule has 0 saturated carbocycles. The van der Waals surface area contributed by atoms with E-state index in [4.69, 9.17) is 19.3 Å². The molecule has 0 aliphatic carbocycles. The maximum Gasteiger partial charge on any atom is 0.338 e. The van der Waals surface area contributed by atoms with Crippen molar-refractivity contribution < 1.29 is 23.8 Å². The Bertz CT molecular complexity index is 2250. The highest BCUT2D eigenvalue weighted by Crippen LogP contribution is 2.31. The van der Waals surface area contributed by atoms with Crippen LogP contribution in [0.5, 0.6) is 5.75 Å². The van der Waals surface area contributed by atoms with Gasteiger partial charge >= 0.3 is 11.9 Å². The number of aromatic nitrogens is 3. The number of fused-ring (bicyclic) bond motifs is 1. The van der Waals surface area contributed by atoms with Crippen LogP contribution in [0.25, 0.3) is 23.0 Å². The van der Waals surface area contributed by atoms with Crippen LogP contribution in [0.1, 0.15) is 48.3 Å². The number of hydrogen-bond acceptors (Lipinski definition) is 9. The molecule has 6 rings (SSSR count). The molecule has 5 aromatic rings. The summed E-state index contributed by atoms with van der Waals surface area (Å²) in [7, 11) is 1.30. The van der Waals surface area contributed by atoms with Gasteiger partial charge in [0, 0.05) is 17.3 Å². The number of nitrogens with zero attached hydrogens (tertiary/aromatic N) is 4. The van der Waals surface area contributed by atoms with Crippen molar-refractivity contribution in [3.05, 3.63) is 145 Å². The first-order valence-electron chi connectivity index (χ1n) is 15.6. The fraction of sp³-hybridized carbons (Fsp3) is 0.184. The lowest BCUT2D eigenvalue weighted by Crippen LogP contribution is -2.40. The van der Waals surface area contributed by atoms with Crippen molar-refractivity contribution in [3.8, 4) is 22.7 Å². The SMILES string of the molecule is C=CCOC(=O)C1=C(C)N=c2sc(=Cc3cn(-c4ccccc4)nc3-c3ccc(OC(C)C)cc3)c(=O)n2C1c1ccc(C(=O)OC)cc1. The molecule has 1 unspecified atom stereocenters. The highest BCUT2D eigenvalue weighted by atomic mass is 32.1. The zero-order valence-electron chi connectivity index (χ0n) is 27.5. The summed E-state index contributed by atoms with van der Waals surface area (Å²) in [6.45, 7) is 9.29. The Balaban J connectivity index is 1.51. The molecule has 49 heavy (non-hydrogen) atoms. The Hall–Kier alpha value is -5.81. The van der Waals surface area contributed by atoms with Gasteiger partial charge in [-0.3, -0.25) is 9.36 Å². The maximum atomic E-state index is 14.4. The van der Waals surface area contributed by atoms with Gasteiger partial charge in [0.15, 0.2) is 4.80 Å². The third kappa shape index (κ3) is 6.79. The Kier molecular flexibility index (Phi) is 9.54. The third-order valence-electron chi connectivity index (χ3n) is 7.77. The van der Waals surface area contributed by atoms with E-state index in [0.29, 0.717) is 37.4 Å². The second-order valence-corrected chi connectivity index (χ2v) is 12.5. The van der Waals surface area contributed by atoms with E-state index in [9.17, 15) is 14.4 Å². The summed E-state index contributed by atoms with van der Waals surface area (Å²) >= 11 is 1.22. The van der Waals surface area contributed by atoms with E-state index < -0.39 is 18.0 Å². The predicted molar refractivity (Wildman–Crippen MR) is 187 cm³/mol. The highest BCUT2D eigenvalue weighted by molar-refractivity contribution is 7.07. The molecule has 10 nitrogen and oxygen atoms in total. The number of carbonyl (C=O) groups excluding carboxylic acids is 2. The quantitative estimate of drug-likeness (QED) is 0.144. The number of rotatable bonds is 10. The number of allylic oxidation sites excluding steroid dienone is 1. The molecule has 0 saturated heterocycles. The topological polar surface area (TPSA) is 114 Å². The van der Waals surface area contributed by atoms with Crippen molar-refractivity contribution >= 4 is 29.4 Å². The number of benzene rings is 3. The number of ether oxygens (including phenoxy) is 3. The fourth-order valence-electron chi connectivity index (χ4n) is 5.56. The Morgan fingerprint density at radius 3 is 2.37 bits per heavy atom. The first-order chi connectivity index (χ1) is 23.7. The molecule has 0 radical (unpaired) electrons. The molecular formula is C38H34N4O6S. The standard InChI is InChI=1S/C38H34N4O6S/c1-6-20-47-37(45)32-24(4)39-38-42(34(32)26-12-14-27(15-13-26)36(44)46-5)35(43)31(49-38)21-28-22-41(29-10-8-7-9-11-29)40-33(28)25-16-18-30(19-17-25)48-23(2)3/h6-19,21-23,34H,1,20H2,2-5H3. The van der Waals surface area contributed by atoms with Gasteiger partial charge in [-0.05, 0) is 80.9 Å². The van der Waals surface area contributed by atoms with Crippen LogP contribution in [0.2, 0.25) is 0 Å². The summed E-state index contributed by atoms with van der Waals surface area (Å²) < 4.78 is 19.8. The van der Waals surface area contributed by atoms with Crippen molar-refractivity contribution in [3.63, 3.8) is 0 Å². The Labute approximate surface area is 286 Å². The molecule has 1 aliphatic rings. The molecule has 0 fully saturated rings. The van der Waals surface area contributed by atoms with Crippen LogP contribution >= 0.6 is 11.3 Å². The van der Waals surface area contributed by atoms with Gasteiger partial charge in [-0.2, -0.15) is 5.10 Å². The van der Waals surface area contributed by atoms with Crippen LogP contribution < -0.4 is 19.6 Å². The van der Waals surface area contributed by atoms with E-state index in [1.54, 1.807) is 41.9 Å². The molecule has 248 valence electrons. The van der Waals surface area contributed by atoms with Gasteiger partial charge in [-0.25, -0.2) is 19.3 Å². The molecule has 11 heteroatoms. The van der Waals surface area contributed by atoms with Crippen LogP contribution in [-0.2, 0) is 14.3 Å². The third-order valence-corrected chi connectivity index (χ3v) is 8.75. The van der Waals surface area contributed by atoms with Crippen molar-refractivity contribution in [2.24, 2.45) is 4.99 Å². The zero-order valence-corrected chi connectivity index (χ0v) is 28.3. The summed E-state index contributed by atoms with van der Waals surface area (Å²) in [5, 5.41) is 4.92. The number of esters is 2. The summed E-state index contributed by atoms with van der Waals surface area (Å²) in [5.41, 5.74) is 4.32. The molecule has 0 amide bonds. The van der Waals surface area contributed by atoms with Crippen LogP contribution in [0.3, 0.4) is 0 Å². The lowest BCUT2D eigenvalue weighted by atomic mass is 9.95. The van der Waals surface area contributed by atoms with Gasteiger partial charge in [-0.15, -0.1) is 0 Å². The fourth-order valence-corrected chi connectivity index (χ4v) is 6.60. The van der Waals surface area contributed by atoms with Gasteiger partial charge in [0.25, 0.3) is 5.56 Å². The molecular weight excluding hydrogens is 641 g/mol. The van der Waals surface area contributed by atoms with Crippen molar-refractivity contribution in [1.29, 1.82) is 0 Å². The van der Waals surface area contributed by atoms with E-state index in [1.807, 2.05) is 74.6 Å². The second kappa shape index (κ2) is 14.1. The number of para-hydroxylation sites is 1. The average Bonchev–Trinajstić information content (AvgIpc) is 3.67. The van der Waals surface area contributed by atoms with Crippen molar-refractivity contribution in [1.82, 2.24) is 14.3 Å². The zero-order chi connectivity index (χ0) is 34.7. The average molecular weight is 675 g/mol. The van der Waals surface area contributed by atoms with Gasteiger partial charge in [0.2, 0.25) is 0 Å². The molecule has 0 bridgehead atoms. The monoisotopic (exact) mass is 674 g/mol. The smallest absolute Gasteiger partial charge is 0.338 e. The number of methoxy groups -OCH3 is 1. The molecule has 1 atom stereocenters. The Morgan fingerprint density at radius 1 is 1.00 bits per heavy atom. The normalized spacial score (nSPS) is 14.3. The second-order valence-electron chi connectivity index (χ2n) is 11.5. The summed E-state index contributed by atoms with van der Waals surface area (Å²) in [6.07, 6.45) is 5.19. The van der Waals surface area contributed by atoms with Crippen molar-refractivity contribution in [2.45, 2.75) is 32.9 Å². The van der Waals surface area contributed by atoms with Gasteiger partial charge in [0.1, 0.15) is 18.1 Å². The van der Waals surface area contributed by atoms with E-state index in [2.05, 4.69) is 11.6 Å². The van der Waals surface area contributed by atoms with E-state index in [0.717, 1.165) is 17.0 Å².